The normalized spacial score (nSPS) is 10.4. The summed E-state index contributed by atoms with van der Waals surface area (Å²) in [6.07, 6.45) is 0. The second-order valence-corrected chi connectivity index (χ2v) is 3.10. The van der Waals surface area contributed by atoms with Crippen molar-refractivity contribution in [2.75, 3.05) is 5.73 Å². The number of aryl methyl sites for hydroxylation is 1. The second kappa shape index (κ2) is 3.14. The van der Waals surface area contributed by atoms with Crippen LogP contribution in [0.25, 0.3) is 5.69 Å². The van der Waals surface area contributed by atoms with Crippen molar-refractivity contribution < 1.29 is 4.39 Å². The fraction of sp³-hybridized carbons (Fsp3) is 0.100. The quantitative estimate of drug-likeness (QED) is 0.748. The number of benzene rings is 1. The molecule has 0 fully saturated rings. The highest BCUT2D eigenvalue weighted by Crippen LogP contribution is 2.13. The maximum atomic E-state index is 12.9. The van der Waals surface area contributed by atoms with Crippen molar-refractivity contribution in [3.8, 4) is 5.69 Å². The minimum atomic E-state index is -0.282. The third-order valence-electron chi connectivity index (χ3n) is 1.96. The molecule has 0 aliphatic heterocycles. The molecule has 0 aliphatic carbocycles. The van der Waals surface area contributed by atoms with E-state index in [1.807, 2.05) is 6.92 Å². The molecule has 0 unspecified atom stereocenters. The average molecular weight is 191 g/mol. The lowest BCUT2D eigenvalue weighted by molar-refractivity contribution is 0.625. The summed E-state index contributed by atoms with van der Waals surface area (Å²) in [7, 11) is 0. The van der Waals surface area contributed by atoms with Crippen molar-refractivity contribution in [2.45, 2.75) is 6.92 Å². The number of anilines is 1. The lowest BCUT2D eigenvalue weighted by Crippen LogP contribution is -1.99. The molecular formula is C10H10FN3. The van der Waals surface area contributed by atoms with Crippen LogP contribution in [0.4, 0.5) is 10.2 Å². The summed E-state index contributed by atoms with van der Waals surface area (Å²) in [4.78, 5) is 0. The van der Waals surface area contributed by atoms with Crippen LogP contribution in [0.3, 0.4) is 0 Å². The van der Waals surface area contributed by atoms with Gasteiger partial charge in [0, 0.05) is 11.8 Å². The van der Waals surface area contributed by atoms with Crippen molar-refractivity contribution in [1.29, 1.82) is 0 Å². The van der Waals surface area contributed by atoms with E-state index in [0.29, 0.717) is 11.5 Å². The molecule has 14 heavy (non-hydrogen) atoms. The number of nitrogen functional groups attached to an aromatic ring is 1. The Hall–Kier alpha value is -1.84. The topological polar surface area (TPSA) is 43.8 Å². The summed E-state index contributed by atoms with van der Waals surface area (Å²) in [5.41, 5.74) is 7.09. The largest absolute Gasteiger partial charge is 0.382 e. The van der Waals surface area contributed by atoms with Crippen molar-refractivity contribution in [3.05, 3.63) is 41.8 Å². The predicted octanol–water partition coefficient (Wildman–Crippen LogP) is 1.90. The van der Waals surface area contributed by atoms with Crippen LogP contribution >= 0.6 is 0 Å². The molecule has 0 bridgehead atoms. The van der Waals surface area contributed by atoms with Crippen LogP contribution in [0.2, 0.25) is 0 Å². The van der Waals surface area contributed by atoms with Gasteiger partial charge in [-0.2, -0.15) is 5.10 Å². The molecule has 1 aromatic carbocycles. The summed E-state index contributed by atoms with van der Waals surface area (Å²) in [5, 5.41) is 4.05. The van der Waals surface area contributed by atoms with E-state index in [0.717, 1.165) is 5.69 Å². The molecular weight excluding hydrogens is 181 g/mol. The summed E-state index contributed by atoms with van der Waals surface area (Å²) in [6, 6.07) is 7.97. The van der Waals surface area contributed by atoms with Gasteiger partial charge in [0.05, 0.1) is 5.69 Å². The minimum Gasteiger partial charge on any atom is -0.382 e. The van der Waals surface area contributed by atoms with E-state index in [4.69, 9.17) is 5.73 Å². The highest BCUT2D eigenvalue weighted by atomic mass is 19.1. The monoisotopic (exact) mass is 191 g/mol. The van der Waals surface area contributed by atoms with Gasteiger partial charge < -0.3 is 5.73 Å². The molecule has 0 atom stereocenters. The zero-order valence-electron chi connectivity index (χ0n) is 7.74. The van der Waals surface area contributed by atoms with Gasteiger partial charge in [0.15, 0.2) is 0 Å². The Morgan fingerprint density at radius 1 is 1.36 bits per heavy atom. The lowest BCUT2D eigenvalue weighted by Gasteiger charge is -2.03. The highest BCUT2D eigenvalue weighted by molar-refractivity contribution is 5.38. The van der Waals surface area contributed by atoms with E-state index in [-0.39, 0.29) is 5.82 Å². The van der Waals surface area contributed by atoms with Crippen LogP contribution in [0.15, 0.2) is 30.3 Å². The van der Waals surface area contributed by atoms with Crippen molar-refractivity contribution in [2.24, 2.45) is 0 Å². The van der Waals surface area contributed by atoms with E-state index < -0.39 is 0 Å². The van der Waals surface area contributed by atoms with Gasteiger partial charge in [-0.1, -0.05) is 6.07 Å². The van der Waals surface area contributed by atoms with Gasteiger partial charge in [-0.15, -0.1) is 0 Å². The summed E-state index contributed by atoms with van der Waals surface area (Å²) in [6.45, 7) is 1.87. The second-order valence-electron chi connectivity index (χ2n) is 3.10. The summed E-state index contributed by atoms with van der Waals surface area (Å²) >= 11 is 0. The Balaban J connectivity index is 2.54. The number of nitrogens with two attached hydrogens (primary N) is 1. The molecule has 1 aromatic heterocycles. The fourth-order valence-electron chi connectivity index (χ4n) is 1.37. The first-order valence-electron chi connectivity index (χ1n) is 4.25. The average Bonchev–Trinajstić information content (AvgIpc) is 2.45. The van der Waals surface area contributed by atoms with Gasteiger partial charge in [0.25, 0.3) is 0 Å². The molecule has 72 valence electrons. The SMILES string of the molecule is Cc1cc(N)nn1-c1cccc(F)c1. The number of hydrogen-bond acceptors (Lipinski definition) is 2. The molecule has 0 saturated heterocycles. The molecule has 0 spiro atoms. The number of halogens is 1. The zero-order chi connectivity index (χ0) is 10.1. The number of nitrogens with zero attached hydrogens (tertiary/aromatic N) is 2. The Labute approximate surface area is 81.0 Å². The van der Waals surface area contributed by atoms with Gasteiger partial charge in [-0.05, 0) is 25.1 Å². The highest BCUT2D eigenvalue weighted by Gasteiger charge is 2.03. The van der Waals surface area contributed by atoms with E-state index in [1.165, 1.54) is 12.1 Å². The molecule has 0 aliphatic rings. The van der Waals surface area contributed by atoms with Crippen LogP contribution < -0.4 is 5.73 Å². The van der Waals surface area contributed by atoms with E-state index in [9.17, 15) is 4.39 Å². The maximum Gasteiger partial charge on any atom is 0.146 e. The minimum absolute atomic E-state index is 0.282. The number of aromatic nitrogens is 2. The molecule has 3 nitrogen and oxygen atoms in total. The van der Waals surface area contributed by atoms with Gasteiger partial charge in [0.2, 0.25) is 0 Å². The van der Waals surface area contributed by atoms with Gasteiger partial charge in [0.1, 0.15) is 11.6 Å². The van der Waals surface area contributed by atoms with Crippen molar-refractivity contribution in [1.82, 2.24) is 9.78 Å². The van der Waals surface area contributed by atoms with Crippen LogP contribution in [0, 0.1) is 12.7 Å². The molecule has 0 saturated carbocycles. The Bertz CT molecular complexity index is 462. The molecule has 0 radical (unpaired) electrons. The van der Waals surface area contributed by atoms with Gasteiger partial charge in [-0.25, -0.2) is 9.07 Å². The third kappa shape index (κ3) is 1.46. The predicted molar refractivity (Wildman–Crippen MR) is 52.7 cm³/mol. The van der Waals surface area contributed by atoms with Crippen molar-refractivity contribution in [3.63, 3.8) is 0 Å². The molecule has 1 heterocycles. The first kappa shape index (κ1) is 8.74. The lowest BCUT2D eigenvalue weighted by atomic mass is 10.3. The van der Waals surface area contributed by atoms with Gasteiger partial charge >= 0.3 is 0 Å². The van der Waals surface area contributed by atoms with Crippen LogP contribution in [-0.2, 0) is 0 Å². The molecule has 4 heteroatoms. The first-order valence-corrected chi connectivity index (χ1v) is 4.25. The van der Waals surface area contributed by atoms with Crippen LogP contribution in [0.1, 0.15) is 5.69 Å². The molecule has 2 rings (SSSR count). The van der Waals surface area contributed by atoms with E-state index in [2.05, 4.69) is 5.10 Å². The van der Waals surface area contributed by atoms with Crippen LogP contribution in [0.5, 0.6) is 0 Å². The Kier molecular flexibility index (Phi) is 1.96. The first-order chi connectivity index (χ1) is 6.66. The molecule has 0 amide bonds. The number of rotatable bonds is 1. The van der Waals surface area contributed by atoms with E-state index in [1.54, 1.807) is 22.9 Å². The third-order valence-corrected chi connectivity index (χ3v) is 1.96. The zero-order valence-corrected chi connectivity index (χ0v) is 7.74. The van der Waals surface area contributed by atoms with E-state index >= 15 is 0 Å². The van der Waals surface area contributed by atoms with Gasteiger partial charge in [-0.3, -0.25) is 0 Å². The number of hydrogen-bond donors (Lipinski definition) is 1. The summed E-state index contributed by atoms with van der Waals surface area (Å²) in [5.74, 6) is 0.155. The Morgan fingerprint density at radius 3 is 2.71 bits per heavy atom. The smallest absolute Gasteiger partial charge is 0.146 e. The fourth-order valence-corrected chi connectivity index (χ4v) is 1.37. The van der Waals surface area contributed by atoms with Crippen molar-refractivity contribution >= 4 is 5.82 Å². The van der Waals surface area contributed by atoms with Crippen LogP contribution in [-0.4, -0.2) is 9.78 Å². The Morgan fingerprint density at radius 2 is 2.14 bits per heavy atom. The summed E-state index contributed by atoms with van der Waals surface area (Å²) < 4.78 is 14.5. The standard InChI is InChI=1S/C10H10FN3/c1-7-5-10(12)13-14(7)9-4-2-3-8(11)6-9/h2-6H,1H3,(H2,12,13). The molecule has 2 aromatic rings. The maximum absolute atomic E-state index is 12.9. The molecule has 2 N–H and O–H groups in total.